The van der Waals surface area contributed by atoms with Crippen LogP contribution in [0.3, 0.4) is 0 Å². The molecule has 0 unspecified atom stereocenters. The third-order valence-corrected chi connectivity index (χ3v) is 6.03. The number of esters is 1. The summed E-state index contributed by atoms with van der Waals surface area (Å²) in [5.41, 5.74) is 2.49. The molecule has 0 aliphatic rings. The average Bonchev–Trinajstić information content (AvgIpc) is 3.10. The van der Waals surface area contributed by atoms with Gasteiger partial charge in [-0.15, -0.1) is 0 Å². The number of hydrogen-bond acceptors (Lipinski definition) is 6. The number of nitro groups is 1. The van der Waals surface area contributed by atoms with Crippen molar-refractivity contribution in [2.45, 2.75) is 23.6 Å². The Labute approximate surface area is 188 Å². The molecule has 0 saturated carbocycles. The first kappa shape index (κ1) is 21.3. The van der Waals surface area contributed by atoms with Crippen LogP contribution in [-0.4, -0.2) is 20.7 Å². The highest BCUT2D eigenvalue weighted by atomic mass is 32.2. The second-order valence-corrected chi connectivity index (χ2v) is 8.05. The molecule has 160 valence electrons. The van der Waals surface area contributed by atoms with Gasteiger partial charge in [-0.3, -0.25) is 10.1 Å². The number of para-hydroxylation sites is 2. The average molecular weight is 446 g/mol. The van der Waals surface area contributed by atoms with Gasteiger partial charge in [0.2, 0.25) is 5.88 Å². The van der Waals surface area contributed by atoms with Crippen molar-refractivity contribution in [3.63, 3.8) is 0 Å². The molecule has 0 bridgehead atoms. The third-order valence-electron chi connectivity index (χ3n) is 4.79. The van der Waals surface area contributed by atoms with Gasteiger partial charge in [-0.1, -0.05) is 60.3 Å². The Bertz CT molecular complexity index is 1300. The van der Waals surface area contributed by atoms with Gasteiger partial charge in [-0.25, -0.2) is 4.79 Å². The number of rotatable bonds is 6. The van der Waals surface area contributed by atoms with E-state index in [9.17, 15) is 14.9 Å². The fourth-order valence-corrected chi connectivity index (χ4v) is 4.21. The highest BCUT2D eigenvalue weighted by Gasteiger charge is 2.25. The van der Waals surface area contributed by atoms with E-state index >= 15 is 0 Å². The zero-order chi connectivity index (χ0) is 22.7. The molecular formula is C24H19N3O4S. The van der Waals surface area contributed by atoms with Crippen molar-refractivity contribution in [1.82, 2.24) is 9.78 Å². The van der Waals surface area contributed by atoms with Crippen LogP contribution in [0.25, 0.3) is 5.69 Å². The van der Waals surface area contributed by atoms with Gasteiger partial charge in [0.25, 0.3) is 5.69 Å². The van der Waals surface area contributed by atoms with Crippen LogP contribution in [0.1, 0.15) is 21.6 Å². The normalized spacial score (nSPS) is 10.7. The van der Waals surface area contributed by atoms with Crippen LogP contribution in [0.2, 0.25) is 0 Å². The van der Waals surface area contributed by atoms with Crippen LogP contribution in [-0.2, 0) is 0 Å². The number of hydrogen-bond donors (Lipinski definition) is 0. The zero-order valence-electron chi connectivity index (χ0n) is 17.4. The molecule has 0 fully saturated rings. The lowest BCUT2D eigenvalue weighted by molar-refractivity contribution is -0.387. The molecule has 4 aromatic rings. The van der Waals surface area contributed by atoms with Crippen LogP contribution in [0.15, 0.2) is 88.7 Å². The predicted octanol–water partition coefficient (Wildman–Crippen LogP) is 5.77. The fraction of sp³-hybridized carbons (Fsp3) is 0.0833. The van der Waals surface area contributed by atoms with Gasteiger partial charge in [0.1, 0.15) is 0 Å². The van der Waals surface area contributed by atoms with Gasteiger partial charge in [-0.05, 0) is 43.7 Å². The molecule has 1 heterocycles. The van der Waals surface area contributed by atoms with Crippen LogP contribution >= 0.6 is 11.8 Å². The Kier molecular flexibility index (Phi) is 6.04. The lowest BCUT2D eigenvalue weighted by Gasteiger charge is -2.11. The summed E-state index contributed by atoms with van der Waals surface area (Å²) in [7, 11) is 0. The van der Waals surface area contributed by atoms with Crippen LogP contribution in [0.4, 0.5) is 5.69 Å². The fourth-order valence-electron chi connectivity index (χ4n) is 3.19. The van der Waals surface area contributed by atoms with E-state index in [-0.39, 0.29) is 11.6 Å². The predicted molar refractivity (Wildman–Crippen MR) is 122 cm³/mol. The van der Waals surface area contributed by atoms with Gasteiger partial charge in [-0.2, -0.15) is 9.78 Å². The molecule has 0 atom stereocenters. The van der Waals surface area contributed by atoms with Gasteiger partial charge >= 0.3 is 5.97 Å². The summed E-state index contributed by atoms with van der Waals surface area (Å²) in [6, 6.07) is 22.9. The molecule has 0 amide bonds. The van der Waals surface area contributed by atoms with Gasteiger partial charge in [0.15, 0.2) is 0 Å². The van der Waals surface area contributed by atoms with Crippen LogP contribution in [0, 0.1) is 24.0 Å². The van der Waals surface area contributed by atoms with E-state index in [1.165, 1.54) is 6.07 Å². The summed E-state index contributed by atoms with van der Waals surface area (Å²) in [5.74, 6) is -0.310. The second-order valence-electron chi connectivity index (χ2n) is 7.00. The van der Waals surface area contributed by atoms with E-state index < -0.39 is 10.9 Å². The molecule has 7 nitrogen and oxygen atoms in total. The Morgan fingerprint density at radius 1 is 0.969 bits per heavy atom. The molecule has 0 spiro atoms. The van der Waals surface area contributed by atoms with E-state index in [0.29, 0.717) is 26.7 Å². The molecule has 3 aromatic carbocycles. The number of ether oxygens (including phenoxy) is 1. The largest absolute Gasteiger partial charge is 0.402 e. The summed E-state index contributed by atoms with van der Waals surface area (Å²) in [6.45, 7) is 3.61. The van der Waals surface area contributed by atoms with Gasteiger partial charge in [0.05, 0.1) is 31.7 Å². The Balaban J connectivity index is 1.82. The summed E-state index contributed by atoms with van der Waals surface area (Å²) < 4.78 is 7.41. The maximum Gasteiger partial charge on any atom is 0.345 e. The van der Waals surface area contributed by atoms with Crippen molar-refractivity contribution in [2.75, 3.05) is 0 Å². The molecular weight excluding hydrogens is 426 g/mol. The first-order valence-corrected chi connectivity index (χ1v) is 10.6. The van der Waals surface area contributed by atoms with Crippen LogP contribution in [0.5, 0.6) is 5.88 Å². The molecule has 0 aliphatic heterocycles. The topological polar surface area (TPSA) is 87.3 Å². The highest BCUT2D eigenvalue weighted by Crippen LogP contribution is 2.42. The van der Waals surface area contributed by atoms with Crippen molar-refractivity contribution in [3.8, 4) is 11.6 Å². The zero-order valence-corrected chi connectivity index (χ0v) is 18.2. The number of aryl methyl sites for hydroxylation is 2. The number of carbonyl (C=O) groups is 1. The Morgan fingerprint density at radius 2 is 1.62 bits per heavy atom. The first-order valence-electron chi connectivity index (χ1n) is 9.80. The van der Waals surface area contributed by atoms with E-state index in [1.807, 2.05) is 49.4 Å². The Morgan fingerprint density at radius 3 is 2.34 bits per heavy atom. The minimum atomic E-state index is -0.524. The van der Waals surface area contributed by atoms with Crippen molar-refractivity contribution < 1.29 is 14.5 Å². The highest BCUT2D eigenvalue weighted by molar-refractivity contribution is 7.99. The van der Waals surface area contributed by atoms with Gasteiger partial charge in [0, 0.05) is 6.07 Å². The number of aromatic nitrogens is 2. The minimum absolute atomic E-state index is 0.0273. The van der Waals surface area contributed by atoms with Crippen molar-refractivity contribution in [1.29, 1.82) is 0 Å². The number of nitro benzene ring substituents is 1. The lowest BCUT2D eigenvalue weighted by Crippen LogP contribution is -2.13. The van der Waals surface area contributed by atoms with Crippen molar-refractivity contribution >= 4 is 23.4 Å². The summed E-state index contributed by atoms with van der Waals surface area (Å²) >= 11 is 1.15. The maximum atomic E-state index is 13.0. The Hall–Kier alpha value is -3.91. The van der Waals surface area contributed by atoms with Crippen molar-refractivity contribution in [2.24, 2.45) is 0 Å². The summed E-state index contributed by atoms with van der Waals surface area (Å²) in [5, 5.41) is 16.1. The smallest absolute Gasteiger partial charge is 0.345 e. The summed E-state index contributed by atoms with van der Waals surface area (Å²) in [6.07, 6.45) is 0. The quantitative estimate of drug-likeness (QED) is 0.213. The maximum absolute atomic E-state index is 13.0. The molecule has 8 heteroatoms. The first-order chi connectivity index (χ1) is 15.5. The molecule has 32 heavy (non-hydrogen) atoms. The molecule has 0 aliphatic carbocycles. The van der Waals surface area contributed by atoms with Gasteiger partial charge < -0.3 is 4.74 Å². The molecule has 4 rings (SSSR count). The van der Waals surface area contributed by atoms with E-state index in [4.69, 9.17) is 4.74 Å². The van der Waals surface area contributed by atoms with E-state index in [2.05, 4.69) is 5.10 Å². The number of carbonyl (C=O) groups excluding carboxylic acids is 1. The molecule has 0 N–H and O–H groups in total. The minimum Gasteiger partial charge on any atom is -0.402 e. The van der Waals surface area contributed by atoms with Crippen LogP contribution < -0.4 is 4.74 Å². The third kappa shape index (κ3) is 4.26. The second kappa shape index (κ2) is 9.07. The summed E-state index contributed by atoms with van der Waals surface area (Å²) in [4.78, 5) is 25.1. The molecule has 0 saturated heterocycles. The molecule has 1 aromatic heterocycles. The SMILES string of the molecule is Cc1ccccc1C(=O)Oc1c(Sc2ccccc2[N+](=O)[O-])c(C)nn1-c1ccccc1. The number of benzene rings is 3. The lowest BCUT2D eigenvalue weighted by atomic mass is 10.1. The number of nitrogens with zero attached hydrogens (tertiary/aromatic N) is 3. The van der Waals surface area contributed by atoms with E-state index in [1.54, 1.807) is 41.9 Å². The van der Waals surface area contributed by atoms with E-state index in [0.717, 1.165) is 17.3 Å². The standard InChI is InChI=1S/C24H19N3O4S/c1-16-10-6-7-13-19(16)24(28)31-23-22(32-21-15-9-8-14-20(21)27(29)30)17(2)25-26(23)18-11-4-3-5-12-18/h3-15H,1-2H3. The molecule has 0 radical (unpaired) electrons. The van der Waals surface area contributed by atoms with Crippen molar-refractivity contribution in [3.05, 3.63) is 106 Å². The monoisotopic (exact) mass is 445 g/mol.